The van der Waals surface area contributed by atoms with Gasteiger partial charge in [0, 0.05) is 43.7 Å². The molecule has 3 atom stereocenters. The highest BCUT2D eigenvalue weighted by molar-refractivity contribution is 6.30. The fourth-order valence-electron chi connectivity index (χ4n) is 4.99. The minimum Gasteiger partial charge on any atom is -0.480 e. The molecule has 0 amide bonds. The minimum atomic E-state index is -0.458. The van der Waals surface area contributed by atoms with Crippen molar-refractivity contribution >= 4 is 17.3 Å². The lowest BCUT2D eigenvalue weighted by Crippen LogP contribution is -2.42. The number of halogens is 2. The number of aromatic nitrogens is 5. The zero-order valence-electron chi connectivity index (χ0n) is 17.9. The summed E-state index contributed by atoms with van der Waals surface area (Å²) in [5.74, 6) is 2.74. The lowest BCUT2D eigenvalue weighted by molar-refractivity contribution is 0.265. The molecule has 1 saturated heterocycles. The maximum Gasteiger partial charge on any atom is 0.320 e. The van der Waals surface area contributed by atoms with Gasteiger partial charge in [0.05, 0.1) is 19.0 Å². The molecule has 2 aliphatic rings. The van der Waals surface area contributed by atoms with Crippen molar-refractivity contribution in [1.29, 1.82) is 0 Å². The van der Waals surface area contributed by atoms with E-state index in [0.29, 0.717) is 35.4 Å². The van der Waals surface area contributed by atoms with Gasteiger partial charge in [0.25, 0.3) is 0 Å². The number of anilines is 1. The van der Waals surface area contributed by atoms with E-state index in [0.717, 1.165) is 31.0 Å². The fraction of sp³-hybridized carbons (Fsp3) is 0.455. The second kappa shape index (κ2) is 8.54. The standard InChI is InChI=1S/C22H24ClFN6O2/c1-29-22(32-18-6-15(23)5-16(24)7-18)26-20(28-29)9-19-13-3-4-14(19)12-30(11-13)17-8-21(31-2)27-25-10-17/h5-8,10,13-14,19H,3-4,9,11-12H2,1-2H3/t13-,14+,19?. The van der Waals surface area contributed by atoms with Crippen molar-refractivity contribution in [3.05, 3.63) is 47.1 Å². The summed E-state index contributed by atoms with van der Waals surface area (Å²) < 4.78 is 26.2. The van der Waals surface area contributed by atoms with Crippen LogP contribution in [0.25, 0.3) is 0 Å². The lowest BCUT2D eigenvalue weighted by Gasteiger charge is -2.38. The summed E-state index contributed by atoms with van der Waals surface area (Å²) in [6.07, 6.45) is 4.98. The SMILES string of the molecule is COc1cc(N2C[C@H]3CC[C@@H](C2)C3Cc2nc(Oc3cc(F)cc(Cl)c3)n(C)n2)cnn1. The summed E-state index contributed by atoms with van der Waals surface area (Å²) in [6.45, 7) is 1.93. The molecule has 168 valence electrons. The van der Waals surface area contributed by atoms with E-state index in [1.807, 2.05) is 6.07 Å². The van der Waals surface area contributed by atoms with E-state index < -0.39 is 5.82 Å². The topological polar surface area (TPSA) is 78.2 Å². The van der Waals surface area contributed by atoms with Gasteiger partial charge in [-0.3, -0.25) is 0 Å². The average Bonchev–Trinajstić information content (AvgIpc) is 3.20. The van der Waals surface area contributed by atoms with Crippen molar-refractivity contribution in [3.63, 3.8) is 0 Å². The van der Waals surface area contributed by atoms with Gasteiger partial charge < -0.3 is 14.4 Å². The molecule has 2 aromatic heterocycles. The molecule has 5 rings (SSSR count). The van der Waals surface area contributed by atoms with Crippen LogP contribution in [0.3, 0.4) is 0 Å². The molecule has 3 heterocycles. The van der Waals surface area contributed by atoms with Crippen molar-refractivity contribution in [2.45, 2.75) is 19.3 Å². The third-order valence-electron chi connectivity index (χ3n) is 6.45. The van der Waals surface area contributed by atoms with Gasteiger partial charge in [-0.2, -0.15) is 15.2 Å². The third kappa shape index (κ3) is 4.21. The second-order valence-electron chi connectivity index (χ2n) is 8.47. The Morgan fingerprint density at radius 1 is 1.16 bits per heavy atom. The van der Waals surface area contributed by atoms with Gasteiger partial charge in [-0.15, -0.1) is 5.10 Å². The zero-order valence-corrected chi connectivity index (χ0v) is 18.7. The number of hydrogen-bond donors (Lipinski definition) is 0. The number of rotatable bonds is 6. The third-order valence-corrected chi connectivity index (χ3v) is 6.67. The van der Waals surface area contributed by atoms with Gasteiger partial charge in [0.1, 0.15) is 11.6 Å². The van der Waals surface area contributed by atoms with E-state index in [1.165, 1.54) is 25.0 Å². The van der Waals surface area contributed by atoms with Gasteiger partial charge >= 0.3 is 6.01 Å². The zero-order chi connectivity index (χ0) is 22.2. The molecule has 10 heteroatoms. The summed E-state index contributed by atoms with van der Waals surface area (Å²) in [6, 6.07) is 6.32. The Morgan fingerprint density at radius 2 is 1.94 bits per heavy atom. The largest absolute Gasteiger partial charge is 0.480 e. The number of methoxy groups -OCH3 is 1. The molecule has 1 aliphatic carbocycles. The van der Waals surface area contributed by atoms with Gasteiger partial charge in [0.15, 0.2) is 5.82 Å². The summed E-state index contributed by atoms with van der Waals surface area (Å²) in [5.41, 5.74) is 1.05. The molecule has 2 bridgehead atoms. The minimum absolute atomic E-state index is 0.271. The number of fused-ring (bicyclic) bond motifs is 2. The molecule has 3 aromatic rings. The van der Waals surface area contributed by atoms with E-state index in [2.05, 4.69) is 25.2 Å². The predicted molar refractivity (Wildman–Crippen MR) is 117 cm³/mol. The predicted octanol–water partition coefficient (Wildman–Crippen LogP) is 3.90. The first kappa shape index (κ1) is 20.9. The molecular formula is C22H24ClFN6O2. The Bertz CT molecular complexity index is 1090. The maximum absolute atomic E-state index is 13.6. The number of ether oxygens (including phenoxy) is 2. The molecule has 32 heavy (non-hydrogen) atoms. The van der Waals surface area contributed by atoms with Crippen LogP contribution in [-0.4, -0.2) is 45.2 Å². The first-order chi connectivity index (χ1) is 15.5. The van der Waals surface area contributed by atoms with Crippen molar-refractivity contribution in [3.8, 4) is 17.6 Å². The van der Waals surface area contributed by atoms with E-state index in [9.17, 15) is 4.39 Å². The number of benzene rings is 1. The average molecular weight is 459 g/mol. The molecule has 1 aromatic carbocycles. The Labute approximate surface area is 190 Å². The summed E-state index contributed by atoms with van der Waals surface area (Å²) >= 11 is 5.92. The summed E-state index contributed by atoms with van der Waals surface area (Å²) in [5, 5.41) is 12.8. The quantitative estimate of drug-likeness (QED) is 0.554. The summed E-state index contributed by atoms with van der Waals surface area (Å²) in [4.78, 5) is 6.95. The lowest BCUT2D eigenvalue weighted by atomic mass is 9.82. The van der Waals surface area contributed by atoms with Crippen LogP contribution in [0.4, 0.5) is 10.1 Å². The molecule has 2 fully saturated rings. The maximum atomic E-state index is 13.6. The first-order valence-corrected chi connectivity index (χ1v) is 11.0. The highest BCUT2D eigenvalue weighted by Gasteiger charge is 2.42. The van der Waals surface area contributed by atoms with Crippen LogP contribution in [0.1, 0.15) is 18.7 Å². The van der Waals surface area contributed by atoms with Crippen molar-refractivity contribution in [2.75, 3.05) is 25.1 Å². The van der Waals surface area contributed by atoms with Crippen molar-refractivity contribution < 1.29 is 13.9 Å². The molecule has 1 saturated carbocycles. The second-order valence-corrected chi connectivity index (χ2v) is 8.90. The van der Waals surface area contributed by atoms with E-state index in [-0.39, 0.29) is 5.02 Å². The first-order valence-electron chi connectivity index (χ1n) is 10.6. The van der Waals surface area contributed by atoms with E-state index in [4.69, 9.17) is 21.1 Å². The Morgan fingerprint density at radius 3 is 2.66 bits per heavy atom. The van der Waals surface area contributed by atoms with Crippen LogP contribution >= 0.6 is 11.6 Å². The smallest absolute Gasteiger partial charge is 0.320 e. The molecule has 0 spiro atoms. The van der Waals surface area contributed by atoms with Gasteiger partial charge in [-0.25, -0.2) is 9.07 Å². The monoisotopic (exact) mass is 458 g/mol. The van der Waals surface area contributed by atoms with Gasteiger partial charge in [0.2, 0.25) is 5.88 Å². The number of piperidine rings is 1. The molecule has 1 unspecified atom stereocenters. The fourth-order valence-corrected chi connectivity index (χ4v) is 5.20. The normalized spacial score (nSPS) is 22.2. The molecular weight excluding hydrogens is 435 g/mol. The van der Waals surface area contributed by atoms with Crippen molar-refractivity contribution in [1.82, 2.24) is 25.0 Å². The molecule has 0 radical (unpaired) electrons. The van der Waals surface area contributed by atoms with Gasteiger partial charge in [-0.05, 0) is 42.7 Å². The molecule has 8 nitrogen and oxygen atoms in total. The van der Waals surface area contributed by atoms with Crippen molar-refractivity contribution in [2.24, 2.45) is 24.8 Å². The molecule has 0 N–H and O–H groups in total. The Hall–Kier alpha value is -2.94. The van der Waals surface area contributed by atoms with Crippen LogP contribution in [0, 0.1) is 23.6 Å². The summed E-state index contributed by atoms with van der Waals surface area (Å²) in [7, 11) is 3.37. The van der Waals surface area contributed by atoms with Crippen LogP contribution < -0.4 is 14.4 Å². The highest BCUT2D eigenvalue weighted by Crippen LogP contribution is 2.44. The Balaban J connectivity index is 1.28. The Kier molecular flexibility index (Phi) is 5.58. The number of aryl methyl sites for hydroxylation is 1. The highest BCUT2D eigenvalue weighted by atomic mass is 35.5. The van der Waals surface area contributed by atoms with Gasteiger partial charge in [-0.1, -0.05) is 11.6 Å². The number of nitrogens with zero attached hydrogens (tertiary/aromatic N) is 6. The van der Waals surface area contributed by atoms with Crippen LogP contribution in [0.5, 0.6) is 17.6 Å². The van der Waals surface area contributed by atoms with E-state index in [1.54, 1.807) is 31.1 Å². The number of hydrogen-bond acceptors (Lipinski definition) is 7. The molecule has 1 aliphatic heterocycles. The van der Waals surface area contributed by atoms with Crippen LogP contribution in [0.15, 0.2) is 30.5 Å². The van der Waals surface area contributed by atoms with Crippen LogP contribution in [0.2, 0.25) is 5.02 Å². The van der Waals surface area contributed by atoms with E-state index >= 15 is 0 Å². The van der Waals surface area contributed by atoms with Crippen LogP contribution in [-0.2, 0) is 13.5 Å².